The standard InChI is InChI=1S/C11H19N3O3/c1-7-9(8(2)17-14-7)6-13-11(15)10(12)4-5-16-3/h10H,4-6,12H2,1-3H3,(H,13,15). The lowest BCUT2D eigenvalue weighted by Gasteiger charge is -2.11. The molecule has 0 aromatic carbocycles. The molecule has 0 aliphatic heterocycles. The van der Waals surface area contributed by atoms with Crippen molar-refractivity contribution in [1.29, 1.82) is 0 Å². The maximum atomic E-state index is 11.6. The average molecular weight is 241 g/mol. The van der Waals surface area contributed by atoms with Gasteiger partial charge in [-0.25, -0.2) is 0 Å². The zero-order valence-electron chi connectivity index (χ0n) is 10.4. The number of methoxy groups -OCH3 is 1. The van der Waals surface area contributed by atoms with Crippen LogP contribution in [0.1, 0.15) is 23.4 Å². The van der Waals surface area contributed by atoms with Crippen LogP contribution in [0.3, 0.4) is 0 Å². The first kappa shape index (κ1) is 13.7. The SMILES string of the molecule is COCCC(N)C(=O)NCc1c(C)noc1C. The van der Waals surface area contributed by atoms with Gasteiger partial charge in [0.05, 0.1) is 11.7 Å². The molecule has 1 heterocycles. The monoisotopic (exact) mass is 241 g/mol. The van der Waals surface area contributed by atoms with Crippen LogP contribution in [0, 0.1) is 13.8 Å². The Morgan fingerprint density at radius 2 is 2.29 bits per heavy atom. The second-order valence-electron chi connectivity index (χ2n) is 3.91. The molecule has 0 spiro atoms. The molecule has 0 aliphatic rings. The van der Waals surface area contributed by atoms with Gasteiger partial charge in [0.1, 0.15) is 5.76 Å². The van der Waals surface area contributed by atoms with Gasteiger partial charge in [-0.15, -0.1) is 0 Å². The molecule has 17 heavy (non-hydrogen) atoms. The van der Waals surface area contributed by atoms with Crippen LogP contribution in [0.25, 0.3) is 0 Å². The van der Waals surface area contributed by atoms with Gasteiger partial charge in [-0.2, -0.15) is 0 Å². The Hall–Kier alpha value is -1.40. The number of ether oxygens (including phenoxy) is 1. The Morgan fingerprint density at radius 3 is 2.82 bits per heavy atom. The van der Waals surface area contributed by atoms with E-state index < -0.39 is 6.04 Å². The number of hydrogen-bond donors (Lipinski definition) is 2. The molecule has 0 saturated carbocycles. The highest BCUT2D eigenvalue weighted by Crippen LogP contribution is 2.11. The number of nitrogens with one attached hydrogen (secondary N) is 1. The fraction of sp³-hybridized carbons (Fsp3) is 0.636. The molecule has 6 heteroatoms. The van der Waals surface area contributed by atoms with Crippen molar-refractivity contribution in [3.8, 4) is 0 Å². The second kappa shape index (κ2) is 6.36. The van der Waals surface area contributed by atoms with Gasteiger partial charge >= 0.3 is 0 Å². The number of rotatable bonds is 6. The van der Waals surface area contributed by atoms with E-state index in [1.54, 1.807) is 7.11 Å². The zero-order valence-corrected chi connectivity index (χ0v) is 10.4. The van der Waals surface area contributed by atoms with Crippen molar-refractivity contribution >= 4 is 5.91 Å². The molecule has 1 atom stereocenters. The summed E-state index contributed by atoms with van der Waals surface area (Å²) >= 11 is 0. The lowest BCUT2D eigenvalue weighted by Crippen LogP contribution is -2.41. The summed E-state index contributed by atoms with van der Waals surface area (Å²) in [4.78, 5) is 11.6. The van der Waals surface area contributed by atoms with E-state index in [2.05, 4.69) is 10.5 Å². The molecule has 0 aliphatic carbocycles. The number of amides is 1. The van der Waals surface area contributed by atoms with E-state index in [0.717, 1.165) is 11.3 Å². The molecular formula is C11H19N3O3. The molecule has 1 rings (SSSR count). The molecule has 1 amide bonds. The minimum Gasteiger partial charge on any atom is -0.385 e. The fourth-order valence-electron chi connectivity index (χ4n) is 1.44. The van der Waals surface area contributed by atoms with Crippen molar-refractivity contribution in [1.82, 2.24) is 10.5 Å². The van der Waals surface area contributed by atoms with Crippen LogP contribution in [0.15, 0.2) is 4.52 Å². The first-order valence-electron chi connectivity index (χ1n) is 5.50. The van der Waals surface area contributed by atoms with E-state index in [9.17, 15) is 4.79 Å². The average Bonchev–Trinajstić information content (AvgIpc) is 2.63. The van der Waals surface area contributed by atoms with E-state index in [4.69, 9.17) is 15.0 Å². The Balaban J connectivity index is 2.43. The van der Waals surface area contributed by atoms with Gasteiger partial charge in [-0.05, 0) is 20.3 Å². The minimum atomic E-state index is -0.546. The molecular weight excluding hydrogens is 222 g/mol. The normalized spacial score (nSPS) is 12.5. The van der Waals surface area contributed by atoms with Gasteiger partial charge in [-0.3, -0.25) is 4.79 Å². The van der Waals surface area contributed by atoms with E-state index in [1.165, 1.54) is 0 Å². The molecule has 0 saturated heterocycles. The number of aromatic nitrogens is 1. The Labute approximate surface area is 100 Å². The summed E-state index contributed by atoms with van der Waals surface area (Å²) in [5.41, 5.74) is 7.37. The van der Waals surface area contributed by atoms with Crippen LogP contribution in [0.2, 0.25) is 0 Å². The summed E-state index contributed by atoms with van der Waals surface area (Å²) in [5, 5.41) is 6.57. The van der Waals surface area contributed by atoms with E-state index in [1.807, 2.05) is 13.8 Å². The number of nitrogens with zero attached hydrogens (tertiary/aromatic N) is 1. The minimum absolute atomic E-state index is 0.193. The zero-order chi connectivity index (χ0) is 12.8. The molecule has 1 unspecified atom stereocenters. The van der Waals surface area contributed by atoms with Crippen molar-refractivity contribution in [3.05, 3.63) is 17.0 Å². The van der Waals surface area contributed by atoms with Gasteiger partial charge in [0, 0.05) is 25.8 Å². The number of carbonyl (C=O) groups excluding carboxylic acids is 1. The van der Waals surface area contributed by atoms with Gasteiger partial charge in [0.15, 0.2) is 0 Å². The first-order chi connectivity index (χ1) is 8.06. The third kappa shape index (κ3) is 3.83. The Morgan fingerprint density at radius 1 is 1.59 bits per heavy atom. The molecule has 6 nitrogen and oxygen atoms in total. The second-order valence-corrected chi connectivity index (χ2v) is 3.91. The molecule has 3 N–H and O–H groups in total. The lowest BCUT2D eigenvalue weighted by molar-refractivity contribution is -0.122. The van der Waals surface area contributed by atoms with Gasteiger partial charge in [0.25, 0.3) is 0 Å². The van der Waals surface area contributed by atoms with Gasteiger partial charge < -0.3 is 20.3 Å². The highest BCUT2D eigenvalue weighted by Gasteiger charge is 2.15. The largest absolute Gasteiger partial charge is 0.385 e. The van der Waals surface area contributed by atoms with Crippen LogP contribution in [0.5, 0.6) is 0 Å². The van der Waals surface area contributed by atoms with E-state index >= 15 is 0 Å². The lowest BCUT2D eigenvalue weighted by atomic mass is 10.2. The molecule has 0 fully saturated rings. The predicted molar refractivity (Wildman–Crippen MR) is 62.3 cm³/mol. The molecule has 0 bridgehead atoms. The smallest absolute Gasteiger partial charge is 0.237 e. The summed E-state index contributed by atoms with van der Waals surface area (Å²) < 4.78 is 9.87. The van der Waals surface area contributed by atoms with Crippen LogP contribution < -0.4 is 11.1 Å². The summed E-state index contributed by atoms with van der Waals surface area (Å²) in [6, 6.07) is -0.546. The van der Waals surface area contributed by atoms with E-state index in [0.29, 0.717) is 25.3 Å². The fourth-order valence-corrected chi connectivity index (χ4v) is 1.44. The highest BCUT2D eigenvalue weighted by atomic mass is 16.5. The third-order valence-electron chi connectivity index (χ3n) is 2.59. The third-order valence-corrected chi connectivity index (χ3v) is 2.59. The quantitative estimate of drug-likeness (QED) is 0.746. The van der Waals surface area contributed by atoms with Crippen LogP contribution in [0.4, 0.5) is 0 Å². The van der Waals surface area contributed by atoms with Crippen LogP contribution in [-0.2, 0) is 16.1 Å². The first-order valence-corrected chi connectivity index (χ1v) is 5.50. The van der Waals surface area contributed by atoms with Crippen molar-refractivity contribution in [2.75, 3.05) is 13.7 Å². The van der Waals surface area contributed by atoms with Gasteiger partial charge in [-0.1, -0.05) is 5.16 Å². The Bertz CT molecular complexity index is 357. The van der Waals surface area contributed by atoms with Crippen LogP contribution in [-0.4, -0.2) is 30.8 Å². The highest BCUT2D eigenvalue weighted by molar-refractivity contribution is 5.81. The molecule has 1 aromatic rings. The summed E-state index contributed by atoms with van der Waals surface area (Å²) in [6.07, 6.45) is 0.504. The van der Waals surface area contributed by atoms with Crippen molar-refractivity contribution in [2.45, 2.75) is 32.9 Å². The molecule has 1 aromatic heterocycles. The maximum Gasteiger partial charge on any atom is 0.237 e. The summed E-state index contributed by atoms with van der Waals surface area (Å²) in [7, 11) is 1.58. The Kier molecular flexibility index (Phi) is 5.11. The number of carbonyl (C=O) groups is 1. The number of nitrogens with two attached hydrogens (primary N) is 1. The summed E-state index contributed by atoms with van der Waals surface area (Å²) in [5.74, 6) is 0.523. The number of aryl methyl sites for hydroxylation is 2. The van der Waals surface area contributed by atoms with Crippen LogP contribution >= 0.6 is 0 Å². The van der Waals surface area contributed by atoms with Gasteiger partial charge in [0.2, 0.25) is 5.91 Å². The summed E-state index contributed by atoms with van der Waals surface area (Å²) in [6.45, 7) is 4.51. The van der Waals surface area contributed by atoms with Crippen molar-refractivity contribution < 1.29 is 14.1 Å². The van der Waals surface area contributed by atoms with Crippen molar-refractivity contribution in [2.24, 2.45) is 5.73 Å². The molecule has 0 radical (unpaired) electrons. The van der Waals surface area contributed by atoms with Crippen molar-refractivity contribution in [3.63, 3.8) is 0 Å². The topological polar surface area (TPSA) is 90.4 Å². The van der Waals surface area contributed by atoms with E-state index in [-0.39, 0.29) is 5.91 Å². The molecule has 96 valence electrons. The predicted octanol–water partition coefficient (Wildman–Crippen LogP) is 0.271. The maximum absolute atomic E-state index is 11.6. The number of hydrogen-bond acceptors (Lipinski definition) is 5.